The Labute approximate surface area is 121 Å². The lowest BCUT2D eigenvalue weighted by atomic mass is 10.1. The number of amides is 1. The molecule has 2 heterocycles. The average molecular weight is 297 g/mol. The zero-order chi connectivity index (χ0) is 15.4. The van der Waals surface area contributed by atoms with E-state index in [0.717, 1.165) is 0 Å². The van der Waals surface area contributed by atoms with E-state index in [4.69, 9.17) is 10.2 Å². The van der Waals surface area contributed by atoms with Gasteiger partial charge in [-0.3, -0.25) is 19.9 Å². The summed E-state index contributed by atoms with van der Waals surface area (Å²) in [5, 5.41) is 23.5. The number of carbonyl (C=O) groups is 1. The van der Waals surface area contributed by atoms with Gasteiger partial charge in [-0.15, -0.1) is 0 Å². The number of fused-ring (bicyclic) bond motifs is 1. The summed E-state index contributed by atoms with van der Waals surface area (Å²) in [6.45, 7) is 2.09. The summed E-state index contributed by atoms with van der Waals surface area (Å²) in [7, 11) is 0. The smallest absolute Gasteiger partial charge is 0.277 e. The third-order valence-electron chi connectivity index (χ3n) is 3.26. The van der Waals surface area contributed by atoms with Crippen LogP contribution in [0.1, 0.15) is 13.3 Å². The highest BCUT2D eigenvalue weighted by Crippen LogP contribution is 2.26. The number of nitrogens with zero attached hydrogens (tertiary/aromatic N) is 2. The molecular formula is C12H19N5O4. The minimum Gasteiger partial charge on any atom is -0.396 e. The molecule has 9 heteroatoms. The highest BCUT2D eigenvalue weighted by Gasteiger charge is 2.24. The molecule has 1 aliphatic rings. The van der Waals surface area contributed by atoms with Gasteiger partial charge >= 0.3 is 0 Å². The fourth-order valence-electron chi connectivity index (χ4n) is 2.09. The molecule has 0 aliphatic carbocycles. The second kappa shape index (κ2) is 6.55. The van der Waals surface area contributed by atoms with Crippen molar-refractivity contribution in [3.05, 3.63) is 10.4 Å². The largest absolute Gasteiger partial charge is 0.396 e. The van der Waals surface area contributed by atoms with E-state index in [2.05, 4.69) is 20.6 Å². The monoisotopic (exact) mass is 297 g/mol. The predicted octanol–water partition coefficient (Wildman–Crippen LogP) is -1.09. The van der Waals surface area contributed by atoms with Gasteiger partial charge in [0.2, 0.25) is 11.9 Å². The molecule has 0 unspecified atom stereocenters. The second-order valence-electron chi connectivity index (χ2n) is 4.91. The number of aliphatic hydroxyl groups excluding tert-OH is 2. The third kappa shape index (κ3) is 3.50. The number of aliphatic hydroxyl groups is 2. The van der Waals surface area contributed by atoms with Crippen LogP contribution in [0.5, 0.6) is 0 Å². The Morgan fingerprint density at radius 3 is 2.81 bits per heavy atom. The first kappa shape index (κ1) is 15.3. The molecule has 0 spiro atoms. The molecule has 21 heavy (non-hydrogen) atoms. The van der Waals surface area contributed by atoms with E-state index in [1.54, 1.807) is 0 Å². The van der Waals surface area contributed by atoms with Crippen LogP contribution >= 0.6 is 0 Å². The minimum atomic E-state index is -0.355. The minimum absolute atomic E-state index is 0.0927. The van der Waals surface area contributed by atoms with Crippen molar-refractivity contribution >= 4 is 23.4 Å². The first-order valence-corrected chi connectivity index (χ1v) is 6.67. The fraction of sp³-hybridized carbons (Fsp3) is 0.583. The lowest BCUT2D eigenvalue weighted by molar-refractivity contribution is -0.114. The van der Waals surface area contributed by atoms with Gasteiger partial charge in [-0.1, -0.05) is 0 Å². The van der Waals surface area contributed by atoms with Crippen LogP contribution in [0.2, 0.25) is 0 Å². The fourth-order valence-corrected chi connectivity index (χ4v) is 2.09. The van der Waals surface area contributed by atoms with Crippen LogP contribution in [-0.2, 0) is 4.79 Å². The van der Waals surface area contributed by atoms with Gasteiger partial charge in [0.05, 0.1) is 6.67 Å². The number of rotatable bonds is 6. The molecule has 2 rings (SSSR count). The molecule has 1 aliphatic heterocycles. The van der Waals surface area contributed by atoms with Gasteiger partial charge < -0.3 is 20.4 Å². The highest BCUT2D eigenvalue weighted by molar-refractivity contribution is 5.87. The van der Waals surface area contributed by atoms with Gasteiger partial charge in [-0.2, -0.15) is 4.98 Å². The van der Waals surface area contributed by atoms with Crippen molar-refractivity contribution < 1.29 is 15.0 Å². The quantitative estimate of drug-likeness (QED) is 0.451. The molecule has 0 bridgehead atoms. The van der Waals surface area contributed by atoms with Crippen molar-refractivity contribution in [2.45, 2.75) is 13.3 Å². The van der Waals surface area contributed by atoms with E-state index >= 15 is 0 Å². The van der Waals surface area contributed by atoms with Crippen molar-refractivity contribution in [2.24, 2.45) is 5.92 Å². The molecule has 1 amide bonds. The van der Waals surface area contributed by atoms with Gasteiger partial charge in [0.1, 0.15) is 5.69 Å². The van der Waals surface area contributed by atoms with Gasteiger partial charge in [0, 0.05) is 32.6 Å². The Balaban J connectivity index is 2.15. The second-order valence-corrected chi connectivity index (χ2v) is 4.91. The number of carbonyl (C=O) groups excluding carboxylic acids is 1. The summed E-state index contributed by atoms with van der Waals surface area (Å²) in [6.07, 6.45) is 0.568. The van der Waals surface area contributed by atoms with E-state index in [-0.39, 0.29) is 36.5 Å². The highest BCUT2D eigenvalue weighted by atomic mass is 16.3. The van der Waals surface area contributed by atoms with Gasteiger partial charge in [0.15, 0.2) is 5.82 Å². The zero-order valence-corrected chi connectivity index (χ0v) is 11.7. The van der Waals surface area contributed by atoms with Crippen LogP contribution in [0.15, 0.2) is 4.79 Å². The molecule has 9 nitrogen and oxygen atoms in total. The summed E-state index contributed by atoms with van der Waals surface area (Å²) >= 11 is 0. The number of hydrogen-bond acceptors (Lipinski definition) is 7. The Kier molecular flexibility index (Phi) is 4.76. The van der Waals surface area contributed by atoms with E-state index in [1.165, 1.54) is 6.92 Å². The molecule has 0 aromatic carbocycles. The van der Waals surface area contributed by atoms with Gasteiger partial charge in [-0.05, 0) is 6.42 Å². The molecule has 116 valence electrons. The third-order valence-corrected chi connectivity index (χ3v) is 3.26. The topological polar surface area (TPSA) is 131 Å². The summed E-state index contributed by atoms with van der Waals surface area (Å²) < 4.78 is 0. The molecule has 0 atom stereocenters. The number of aromatic amines is 1. The maximum absolute atomic E-state index is 11.9. The van der Waals surface area contributed by atoms with E-state index < -0.39 is 0 Å². The SMILES string of the molecule is CC(=O)Nc1nc2c(c(=O)[nH]1)NCN2CCC(CO)CO. The Morgan fingerprint density at radius 2 is 2.19 bits per heavy atom. The Bertz CT molecular complexity index is 569. The lowest BCUT2D eigenvalue weighted by Gasteiger charge is -2.19. The summed E-state index contributed by atoms with van der Waals surface area (Å²) in [5.41, 5.74) is 0.000709. The molecule has 5 N–H and O–H groups in total. The number of nitrogens with one attached hydrogen (secondary N) is 3. The van der Waals surface area contributed by atoms with Crippen LogP contribution in [-0.4, -0.2) is 52.5 Å². The van der Waals surface area contributed by atoms with Crippen molar-refractivity contribution in [3.8, 4) is 0 Å². The van der Waals surface area contributed by atoms with Crippen LogP contribution in [0.25, 0.3) is 0 Å². The normalized spacial score (nSPS) is 13.2. The van der Waals surface area contributed by atoms with Crippen molar-refractivity contribution in [2.75, 3.05) is 42.0 Å². The summed E-state index contributed by atoms with van der Waals surface area (Å²) in [4.78, 5) is 31.5. The molecule has 0 saturated heterocycles. The number of anilines is 3. The molecule has 1 aromatic rings. The molecule has 0 saturated carbocycles. The zero-order valence-electron chi connectivity index (χ0n) is 11.7. The first-order valence-electron chi connectivity index (χ1n) is 6.67. The van der Waals surface area contributed by atoms with E-state index in [9.17, 15) is 9.59 Å². The van der Waals surface area contributed by atoms with Crippen molar-refractivity contribution in [1.29, 1.82) is 0 Å². The van der Waals surface area contributed by atoms with E-state index in [0.29, 0.717) is 31.1 Å². The average Bonchev–Trinajstić information content (AvgIpc) is 2.83. The van der Waals surface area contributed by atoms with E-state index in [1.807, 2.05) is 4.90 Å². The summed E-state index contributed by atoms with van der Waals surface area (Å²) in [5.74, 6) is 0.0278. The lowest BCUT2D eigenvalue weighted by Crippen LogP contribution is -2.28. The van der Waals surface area contributed by atoms with Gasteiger partial charge in [0.25, 0.3) is 5.56 Å². The molecule has 0 fully saturated rings. The number of hydrogen-bond donors (Lipinski definition) is 5. The van der Waals surface area contributed by atoms with Gasteiger partial charge in [-0.25, -0.2) is 0 Å². The molecular weight excluding hydrogens is 278 g/mol. The molecule has 0 radical (unpaired) electrons. The molecule has 1 aromatic heterocycles. The first-order chi connectivity index (χ1) is 10.0. The van der Waals surface area contributed by atoms with Crippen LogP contribution in [0, 0.1) is 5.92 Å². The maximum atomic E-state index is 11.9. The Hall–Kier alpha value is -2.13. The van der Waals surface area contributed by atoms with Crippen LogP contribution in [0.3, 0.4) is 0 Å². The van der Waals surface area contributed by atoms with Crippen molar-refractivity contribution in [1.82, 2.24) is 9.97 Å². The Morgan fingerprint density at radius 1 is 1.48 bits per heavy atom. The summed E-state index contributed by atoms with van der Waals surface area (Å²) in [6, 6.07) is 0. The number of aromatic nitrogens is 2. The van der Waals surface area contributed by atoms with Crippen LogP contribution < -0.4 is 21.1 Å². The predicted molar refractivity (Wildman–Crippen MR) is 77.3 cm³/mol. The number of H-pyrrole nitrogens is 1. The van der Waals surface area contributed by atoms with Crippen LogP contribution in [0.4, 0.5) is 17.5 Å². The van der Waals surface area contributed by atoms with Crippen molar-refractivity contribution in [3.63, 3.8) is 0 Å². The standard InChI is InChI=1S/C12H19N5O4/c1-7(20)14-12-15-10-9(11(21)16-12)13-6-17(10)3-2-8(4-18)5-19/h8,13,18-19H,2-6H2,1H3,(H2,14,15,16,20,21). The maximum Gasteiger partial charge on any atom is 0.277 e.